The van der Waals surface area contributed by atoms with E-state index >= 15 is 0 Å². The topological polar surface area (TPSA) is 47.9 Å². The van der Waals surface area contributed by atoms with Crippen molar-refractivity contribution in [1.82, 2.24) is 0 Å². The van der Waals surface area contributed by atoms with Crippen molar-refractivity contribution in [2.24, 2.45) is 5.34 Å². The van der Waals surface area contributed by atoms with Crippen molar-refractivity contribution < 1.29 is 9.88 Å². The highest BCUT2D eigenvalue weighted by Crippen LogP contribution is 1.65. The molecule has 0 amide bonds. The first kappa shape index (κ1) is 4.36. The minimum absolute atomic E-state index is 1.20. The Labute approximate surface area is 28.5 Å². The van der Waals surface area contributed by atoms with Gasteiger partial charge in [0, 0.05) is 0 Å². The van der Waals surface area contributed by atoms with Crippen molar-refractivity contribution in [2.45, 2.75) is 0 Å². The SMILES string of the molecule is COON=O. The summed E-state index contributed by atoms with van der Waals surface area (Å²) >= 11 is 0. The van der Waals surface area contributed by atoms with Gasteiger partial charge in [-0.25, -0.2) is 0 Å². The maximum atomic E-state index is 8.81. The lowest BCUT2D eigenvalue weighted by molar-refractivity contribution is -0.275. The molecule has 0 fully saturated rings. The smallest absolute Gasteiger partial charge is 0.181 e. The molecule has 0 aromatic rings. The van der Waals surface area contributed by atoms with E-state index in [9.17, 15) is 0 Å². The second-order valence-corrected chi connectivity index (χ2v) is 0.316. The molecule has 4 heteroatoms. The molecule has 5 heavy (non-hydrogen) atoms. The van der Waals surface area contributed by atoms with E-state index < -0.39 is 0 Å². The summed E-state index contributed by atoms with van der Waals surface area (Å²) in [5, 5.41) is 1.88. The molecule has 4 nitrogen and oxygen atoms in total. The highest BCUT2D eigenvalue weighted by molar-refractivity contribution is 3.87. The molecule has 0 N–H and O–H groups in total. The first-order chi connectivity index (χ1) is 2.41. The van der Waals surface area contributed by atoms with E-state index in [0.29, 0.717) is 0 Å². The third-order valence-corrected chi connectivity index (χ3v) is 0.105. The van der Waals surface area contributed by atoms with Gasteiger partial charge in [0.15, 0.2) is 5.34 Å². The maximum absolute atomic E-state index is 8.81. The molecule has 0 saturated heterocycles. The predicted molar refractivity (Wildman–Crippen MR) is 13.9 cm³/mol. The lowest BCUT2D eigenvalue weighted by Gasteiger charge is -1.75. The fraction of sp³-hybridized carbons (Fsp3) is 1.00. The molecule has 0 aromatic heterocycles. The zero-order chi connectivity index (χ0) is 4.12. The summed E-state index contributed by atoms with van der Waals surface area (Å²) in [5.41, 5.74) is 0. The van der Waals surface area contributed by atoms with Gasteiger partial charge in [-0.05, 0) is 0 Å². The van der Waals surface area contributed by atoms with Crippen LogP contribution >= 0.6 is 0 Å². The number of nitrogens with zero attached hydrogens (tertiary/aromatic N) is 1. The molecule has 0 radical (unpaired) electrons. The van der Waals surface area contributed by atoms with Crippen molar-refractivity contribution in [2.75, 3.05) is 7.11 Å². The number of hydrogen-bond acceptors (Lipinski definition) is 4. The zero-order valence-corrected chi connectivity index (χ0v) is 2.67. The average Bonchev–Trinajstić information content (AvgIpc) is 1.41. The summed E-state index contributed by atoms with van der Waals surface area (Å²) in [5.74, 6) is 0. The van der Waals surface area contributed by atoms with Crippen LogP contribution in [0.1, 0.15) is 0 Å². The molecule has 30 valence electrons. The Balaban J connectivity index is 2.40. The van der Waals surface area contributed by atoms with E-state index in [-0.39, 0.29) is 0 Å². The summed E-state index contributed by atoms with van der Waals surface area (Å²) in [4.78, 5) is 15.9. The van der Waals surface area contributed by atoms with Crippen LogP contribution in [0.3, 0.4) is 0 Å². The fourth-order valence-electron chi connectivity index (χ4n) is 0.0304. The first-order valence-electron chi connectivity index (χ1n) is 0.940. The third kappa shape index (κ3) is 3.36. The molecule has 0 heterocycles. The Kier molecular flexibility index (Phi) is 2.93. The van der Waals surface area contributed by atoms with Gasteiger partial charge >= 0.3 is 0 Å². The second kappa shape index (κ2) is 3.36. The van der Waals surface area contributed by atoms with Gasteiger partial charge in [0.05, 0.1) is 7.11 Å². The molecule has 0 aliphatic heterocycles. The van der Waals surface area contributed by atoms with Gasteiger partial charge in [-0.15, -0.1) is 4.91 Å². The first-order valence-corrected chi connectivity index (χ1v) is 0.940. The standard InChI is InChI=1S/CH3NO3/c1-4-5-2-3/h1H3. The Hall–Kier alpha value is -0.640. The van der Waals surface area contributed by atoms with Crippen LogP contribution in [0, 0.1) is 4.91 Å². The normalized spacial score (nSPS) is 6.60. The molecule has 0 aromatic carbocycles. The zero-order valence-electron chi connectivity index (χ0n) is 2.67. The van der Waals surface area contributed by atoms with Crippen molar-refractivity contribution >= 4 is 0 Å². The van der Waals surface area contributed by atoms with Gasteiger partial charge in [-0.1, -0.05) is 0 Å². The molecule has 0 spiro atoms. The monoisotopic (exact) mass is 77.0 g/mol. The minimum atomic E-state index is 1.20. The summed E-state index contributed by atoms with van der Waals surface area (Å²) in [6.45, 7) is 0. The molecule has 0 saturated carbocycles. The van der Waals surface area contributed by atoms with Crippen molar-refractivity contribution in [3.63, 3.8) is 0 Å². The molecule has 0 aliphatic rings. The Bertz CT molecular complexity index is 28.1. The molecule has 0 aliphatic carbocycles. The van der Waals surface area contributed by atoms with E-state index in [1.165, 1.54) is 7.11 Å². The molecule has 0 bridgehead atoms. The minimum Gasteiger partial charge on any atom is -0.181 e. The van der Waals surface area contributed by atoms with E-state index in [0.717, 1.165) is 0 Å². The summed E-state index contributed by atoms with van der Waals surface area (Å²) < 4.78 is 0. The molecular formula is CH3NO3. The van der Waals surface area contributed by atoms with Crippen LogP contribution in [-0.4, -0.2) is 7.11 Å². The summed E-state index contributed by atoms with van der Waals surface area (Å²) in [6.07, 6.45) is 0. The van der Waals surface area contributed by atoms with Gasteiger partial charge < -0.3 is 0 Å². The quantitative estimate of drug-likeness (QED) is 0.269. The highest BCUT2D eigenvalue weighted by atomic mass is 17.3. The van der Waals surface area contributed by atoms with Gasteiger partial charge in [0.1, 0.15) is 0 Å². The van der Waals surface area contributed by atoms with Gasteiger partial charge in [0.2, 0.25) is 0 Å². The van der Waals surface area contributed by atoms with Crippen LogP contribution in [0.2, 0.25) is 0 Å². The van der Waals surface area contributed by atoms with Crippen LogP contribution in [0.25, 0.3) is 0 Å². The second-order valence-electron chi connectivity index (χ2n) is 0.316. The molecule has 0 rings (SSSR count). The van der Waals surface area contributed by atoms with E-state index in [4.69, 9.17) is 4.91 Å². The van der Waals surface area contributed by atoms with Crippen LogP contribution in [-0.2, 0) is 9.88 Å². The summed E-state index contributed by atoms with van der Waals surface area (Å²) in [6, 6.07) is 0. The predicted octanol–water partition coefficient (Wildman–Crippen LogP) is 0.246. The van der Waals surface area contributed by atoms with Gasteiger partial charge in [0.25, 0.3) is 0 Å². The number of rotatable bonds is 2. The van der Waals surface area contributed by atoms with E-state index in [2.05, 4.69) is 9.88 Å². The third-order valence-electron chi connectivity index (χ3n) is 0.105. The van der Waals surface area contributed by atoms with Gasteiger partial charge in [-0.3, -0.25) is 0 Å². The maximum Gasteiger partial charge on any atom is 0.190 e. The molecule has 0 atom stereocenters. The lowest BCUT2D eigenvalue weighted by atomic mass is 11.8. The van der Waals surface area contributed by atoms with Crippen LogP contribution in [0.4, 0.5) is 0 Å². The highest BCUT2D eigenvalue weighted by Gasteiger charge is 1.61. The number of hydrogen-bond donors (Lipinski definition) is 0. The molecular weight excluding hydrogens is 74.0 g/mol. The lowest BCUT2D eigenvalue weighted by Crippen LogP contribution is -1.71. The van der Waals surface area contributed by atoms with Crippen LogP contribution < -0.4 is 0 Å². The Morgan fingerprint density at radius 2 is 2.40 bits per heavy atom. The molecule has 0 unspecified atom stereocenters. The van der Waals surface area contributed by atoms with Crippen LogP contribution in [0.5, 0.6) is 0 Å². The van der Waals surface area contributed by atoms with E-state index in [1.807, 2.05) is 5.34 Å². The van der Waals surface area contributed by atoms with E-state index in [1.54, 1.807) is 0 Å². The average molecular weight is 77.0 g/mol. The van der Waals surface area contributed by atoms with Gasteiger partial charge in [-0.2, -0.15) is 9.88 Å². The fourth-order valence-corrected chi connectivity index (χ4v) is 0.0304. The largest absolute Gasteiger partial charge is 0.190 e. The van der Waals surface area contributed by atoms with Crippen molar-refractivity contribution in [3.05, 3.63) is 4.91 Å². The Morgan fingerprint density at radius 1 is 1.80 bits per heavy atom. The van der Waals surface area contributed by atoms with Crippen LogP contribution in [0.15, 0.2) is 5.34 Å². The Morgan fingerprint density at radius 3 is 2.40 bits per heavy atom. The van der Waals surface area contributed by atoms with Crippen molar-refractivity contribution in [3.8, 4) is 0 Å². The summed E-state index contributed by atoms with van der Waals surface area (Å²) in [7, 11) is 1.20. The van der Waals surface area contributed by atoms with Crippen molar-refractivity contribution in [1.29, 1.82) is 0 Å².